The Balaban J connectivity index is 1.78. The lowest BCUT2D eigenvalue weighted by Crippen LogP contribution is -2.13. The molecular formula is C18H19Cl2NO3. The first-order valence-corrected chi connectivity index (χ1v) is 8.45. The number of para-hydroxylation sites is 2. The summed E-state index contributed by atoms with van der Waals surface area (Å²) in [6.45, 7) is 2.91. The molecule has 4 nitrogen and oxygen atoms in total. The molecule has 1 amide bonds. The molecule has 0 heterocycles. The predicted octanol–water partition coefficient (Wildman–Crippen LogP) is 5.19. The van der Waals surface area contributed by atoms with Gasteiger partial charge in [-0.25, -0.2) is 0 Å². The average molecular weight is 368 g/mol. The van der Waals surface area contributed by atoms with E-state index in [1.807, 2.05) is 31.2 Å². The number of carbonyl (C=O) groups excluding carboxylic acids is 1. The number of anilines is 1. The number of hydrogen-bond donors (Lipinski definition) is 1. The number of amides is 1. The molecule has 1 N–H and O–H groups in total. The van der Waals surface area contributed by atoms with Crippen molar-refractivity contribution < 1.29 is 14.3 Å². The monoisotopic (exact) mass is 367 g/mol. The van der Waals surface area contributed by atoms with Crippen molar-refractivity contribution in [1.29, 1.82) is 0 Å². The smallest absolute Gasteiger partial charge is 0.224 e. The second kappa shape index (κ2) is 9.40. The lowest BCUT2D eigenvalue weighted by molar-refractivity contribution is -0.116. The van der Waals surface area contributed by atoms with E-state index in [1.165, 1.54) is 0 Å². The molecule has 2 rings (SSSR count). The summed E-state index contributed by atoms with van der Waals surface area (Å²) in [4.78, 5) is 12.0. The molecule has 0 atom stereocenters. The minimum absolute atomic E-state index is 0.138. The van der Waals surface area contributed by atoms with Gasteiger partial charge < -0.3 is 14.8 Å². The van der Waals surface area contributed by atoms with Crippen LogP contribution in [0.25, 0.3) is 0 Å². The molecule has 0 bridgehead atoms. The summed E-state index contributed by atoms with van der Waals surface area (Å²) < 4.78 is 11.2. The van der Waals surface area contributed by atoms with Crippen molar-refractivity contribution in [1.82, 2.24) is 0 Å². The van der Waals surface area contributed by atoms with E-state index in [1.54, 1.807) is 18.2 Å². The van der Waals surface area contributed by atoms with Gasteiger partial charge in [0.15, 0.2) is 11.5 Å². The standard InChI is InChI=1S/C18H19Cl2NO3/c1-2-23-16-6-3-4-7-17(16)24-11-5-8-18(22)21-15-12-13(19)9-10-14(15)20/h3-4,6-7,9-10,12H,2,5,8,11H2,1H3,(H,21,22). The number of halogens is 2. The molecular weight excluding hydrogens is 349 g/mol. The van der Waals surface area contributed by atoms with Gasteiger partial charge in [-0.3, -0.25) is 4.79 Å². The highest BCUT2D eigenvalue weighted by Crippen LogP contribution is 2.27. The van der Waals surface area contributed by atoms with Gasteiger partial charge >= 0.3 is 0 Å². The van der Waals surface area contributed by atoms with Gasteiger partial charge in [-0.15, -0.1) is 0 Å². The third-order valence-corrected chi connectivity index (χ3v) is 3.72. The highest BCUT2D eigenvalue weighted by atomic mass is 35.5. The molecule has 0 saturated heterocycles. The number of hydrogen-bond acceptors (Lipinski definition) is 3. The fourth-order valence-corrected chi connectivity index (χ4v) is 2.40. The molecule has 0 saturated carbocycles. The first-order chi connectivity index (χ1) is 11.6. The van der Waals surface area contributed by atoms with Crippen LogP contribution in [-0.2, 0) is 4.79 Å². The first-order valence-electron chi connectivity index (χ1n) is 7.69. The summed E-state index contributed by atoms with van der Waals surface area (Å²) in [5.74, 6) is 1.24. The van der Waals surface area contributed by atoms with Crippen molar-refractivity contribution in [3.8, 4) is 11.5 Å². The molecule has 24 heavy (non-hydrogen) atoms. The number of rotatable bonds is 8. The number of nitrogens with one attached hydrogen (secondary N) is 1. The number of benzene rings is 2. The summed E-state index contributed by atoms with van der Waals surface area (Å²) in [5, 5.41) is 3.72. The summed E-state index contributed by atoms with van der Waals surface area (Å²) in [7, 11) is 0. The largest absolute Gasteiger partial charge is 0.490 e. The Morgan fingerprint density at radius 2 is 1.79 bits per heavy atom. The molecule has 2 aromatic carbocycles. The zero-order valence-electron chi connectivity index (χ0n) is 13.4. The third kappa shape index (κ3) is 5.62. The molecule has 0 aliphatic rings. The van der Waals surface area contributed by atoms with Crippen LogP contribution in [0.3, 0.4) is 0 Å². The van der Waals surface area contributed by atoms with Crippen molar-refractivity contribution in [2.45, 2.75) is 19.8 Å². The van der Waals surface area contributed by atoms with Crippen LogP contribution in [-0.4, -0.2) is 19.1 Å². The Morgan fingerprint density at radius 1 is 1.08 bits per heavy atom. The van der Waals surface area contributed by atoms with Crippen molar-refractivity contribution in [2.75, 3.05) is 18.5 Å². The molecule has 0 aromatic heterocycles. The molecule has 0 radical (unpaired) electrons. The lowest BCUT2D eigenvalue weighted by Gasteiger charge is -2.11. The van der Waals surface area contributed by atoms with E-state index in [-0.39, 0.29) is 5.91 Å². The molecule has 6 heteroatoms. The molecule has 0 aliphatic heterocycles. The predicted molar refractivity (Wildman–Crippen MR) is 97.4 cm³/mol. The summed E-state index contributed by atoms with van der Waals surface area (Å²) in [6, 6.07) is 12.4. The second-order valence-corrected chi connectivity index (χ2v) is 5.85. The lowest BCUT2D eigenvalue weighted by atomic mass is 10.2. The van der Waals surface area contributed by atoms with Gasteiger partial charge in [-0.2, -0.15) is 0 Å². The van der Waals surface area contributed by atoms with Crippen LogP contribution in [0, 0.1) is 0 Å². The van der Waals surface area contributed by atoms with E-state index in [4.69, 9.17) is 32.7 Å². The maximum absolute atomic E-state index is 12.0. The van der Waals surface area contributed by atoms with Crippen LogP contribution in [0.5, 0.6) is 11.5 Å². The number of carbonyl (C=O) groups is 1. The Hall–Kier alpha value is -1.91. The highest BCUT2D eigenvalue weighted by Gasteiger charge is 2.08. The Bertz CT molecular complexity index is 692. The summed E-state index contributed by atoms with van der Waals surface area (Å²) >= 11 is 11.9. The zero-order valence-corrected chi connectivity index (χ0v) is 14.9. The van der Waals surface area contributed by atoms with E-state index in [0.717, 1.165) is 0 Å². The number of ether oxygens (including phenoxy) is 2. The fourth-order valence-electron chi connectivity index (χ4n) is 2.06. The van der Waals surface area contributed by atoms with Crippen LogP contribution in [0.4, 0.5) is 5.69 Å². The molecule has 0 fully saturated rings. The maximum Gasteiger partial charge on any atom is 0.224 e. The van der Waals surface area contributed by atoms with Gasteiger partial charge in [0.2, 0.25) is 5.91 Å². The van der Waals surface area contributed by atoms with E-state index in [2.05, 4.69) is 5.32 Å². The molecule has 0 aliphatic carbocycles. The topological polar surface area (TPSA) is 47.6 Å². The van der Waals surface area contributed by atoms with Crippen molar-refractivity contribution in [3.63, 3.8) is 0 Å². The van der Waals surface area contributed by atoms with Gasteiger partial charge in [0, 0.05) is 11.4 Å². The molecule has 0 unspecified atom stereocenters. The quantitative estimate of drug-likeness (QED) is 0.653. The van der Waals surface area contributed by atoms with Crippen molar-refractivity contribution >= 4 is 34.8 Å². The van der Waals surface area contributed by atoms with Gasteiger partial charge in [0.25, 0.3) is 0 Å². The van der Waals surface area contributed by atoms with E-state index in [9.17, 15) is 4.79 Å². The summed E-state index contributed by atoms with van der Waals surface area (Å²) in [5.41, 5.74) is 0.511. The van der Waals surface area contributed by atoms with Crippen LogP contribution < -0.4 is 14.8 Å². The van der Waals surface area contributed by atoms with Gasteiger partial charge in [-0.05, 0) is 43.7 Å². The normalized spacial score (nSPS) is 10.3. The molecule has 2 aromatic rings. The fraction of sp³-hybridized carbons (Fsp3) is 0.278. The Kier molecular flexibility index (Phi) is 7.22. The maximum atomic E-state index is 12.0. The highest BCUT2D eigenvalue weighted by molar-refractivity contribution is 6.35. The first kappa shape index (κ1) is 18.4. The van der Waals surface area contributed by atoms with Gasteiger partial charge in [0.05, 0.1) is 23.9 Å². The summed E-state index contributed by atoms with van der Waals surface area (Å²) in [6.07, 6.45) is 0.893. The van der Waals surface area contributed by atoms with E-state index < -0.39 is 0 Å². The van der Waals surface area contributed by atoms with Crippen LogP contribution in [0.15, 0.2) is 42.5 Å². The van der Waals surface area contributed by atoms with E-state index >= 15 is 0 Å². The van der Waals surface area contributed by atoms with Gasteiger partial charge in [0.1, 0.15) is 0 Å². The van der Waals surface area contributed by atoms with Gasteiger partial charge in [-0.1, -0.05) is 35.3 Å². The molecule has 128 valence electrons. The van der Waals surface area contributed by atoms with Crippen LogP contribution >= 0.6 is 23.2 Å². The third-order valence-electron chi connectivity index (χ3n) is 3.16. The Labute approximate surface area is 151 Å². The zero-order chi connectivity index (χ0) is 17.4. The minimum Gasteiger partial charge on any atom is -0.490 e. The minimum atomic E-state index is -0.138. The average Bonchev–Trinajstić information content (AvgIpc) is 2.56. The van der Waals surface area contributed by atoms with Crippen LogP contribution in [0.1, 0.15) is 19.8 Å². The SMILES string of the molecule is CCOc1ccccc1OCCCC(=O)Nc1cc(Cl)ccc1Cl. The van der Waals surface area contributed by atoms with Crippen LogP contribution in [0.2, 0.25) is 10.0 Å². The van der Waals surface area contributed by atoms with Crippen molar-refractivity contribution in [2.24, 2.45) is 0 Å². The second-order valence-electron chi connectivity index (χ2n) is 5.00. The Morgan fingerprint density at radius 3 is 2.50 bits per heavy atom. The van der Waals surface area contributed by atoms with Crippen molar-refractivity contribution in [3.05, 3.63) is 52.5 Å². The van der Waals surface area contributed by atoms with E-state index in [0.29, 0.717) is 53.3 Å². The molecule has 0 spiro atoms.